The van der Waals surface area contributed by atoms with Crippen molar-refractivity contribution in [2.75, 3.05) is 5.32 Å². The first kappa shape index (κ1) is 8.44. The van der Waals surface area contributed by atoms with Crippen molar-refractivity contribution in [2.45, 2.75) is 6.61 Å². The van der Waals surface area contributed by atoms with E-state index >= 15 is 0 Å². The lowest BCUT2D eigenvalue weighted by Gasteiger charge is -2.02. The quantitative estimate of drug-likeness (QED) is 0.736. The van der Waals surface area contributed by atoms with E-state index < -0.39 is 0 Å². The van der Waals surface area contributed by atoms with Crippen LogP contribution in [0.2, 0.25) is 0 Å². The average Bonchev–Trinajstić information content (AvgIpc) is 2.58. The summed E-state index contributed by atoms with van der Waals surface area (Å²) in [5, 5.41) is 13.8. The predicted molar refractivity (Wildman–Crippen MR) is 57.8 cm³/mol. The van der Waals surface area contributed by atoms with Crippen LogP contribution in [0.5, 0.6) is 0 Å². The fourth-order valence-corrected chi connectivity index (χ4v) is 2.05. The van der Waals surface area contributed by atoms with Gasteiger partial charge in [-0.2, -0.15) is 0 Å². The number of carbonyl (C=O) groups excluding carboxylic acids is 1. The summed E-state index contributed by atoms with van der Waals surface area (Å²) in [6.45, 7) is -0.0412. The van der Waals surface area contributed by atoms with Gasteiger partial charge in [-0.15, -0.1) is 0 Å². The molecule has 0 atom stereocenters. The summed E-state index contributed by atoms with van der Waals surface area (Å²) >= 11 is 0. The van der Waals surface area contributed by atoms with Crippen molar-refractivity contribution < 1.29 is 9.90 Å². The zero-order valence-electron chi connectivity index (χ0n) is 7.95. The molecule has 74 valence electrons. The molecule has 3 rings (SSSR count). The van der Waals surface area contributed by atoms with E-state index in [4.69, 9.17) is 5.11 Å². The van der Waals surface area contributed by atoms with Crippen LogP contribution >= 0.6 is 0 Å². The van der Waals surface area contributed by atoms with E-state index in [1.54, 1.807) is 6.07 Å². The Morgan fingerprint density at radius 3 is 2.93 bits per heavy atom. The second-order valence-electron chi connectivity index (χ2n) is 3.66. The highest BCUT2D eigenvalue weighted by Gasteiger charge is 2.21. The fourth-order valence-electron chi connectivity index (χ4n) is 2.05. The molecule has 2 N–H and O–H groups in total. The normalized spacial score (nSPS) is 13.3. The number of hydrogen-bond acceptors (Lipinski definition) is 2. The van der Waals surface area contributed by atoms with Crippen molar-refractivity contribution in [3.8, 4) is 0 Å². The molecule has 0 aromatic heterocycles. The van der Waals surface area contributed by atoms with Gasteiger partial charge in [0.05, 0.1) is 6.61 Å². The Morgan fingerprint density at radius 1 is 1.27 bits per heavy atom. The number of aliphatic hydroxyl groups excluding tert-OH is 1. The second kappa shape index (κ2) is 2.81. The number of nitrogens with one attached hydrogen (secondary N) is 1. The average molecular weight is 199 g/mol. The monoisotopic (exact) mass is 199 g/mol. The van der Waals surface area contributed by atoms with Crippen LogP contribution in [0.4, 0.5) is 5.69 Å². The van der Waals surface area contributed by atoms with Gasteiger partial charge in [0.2, 0.25) is 0 Å². The van der Waals surface area contributed by atoms with Crippen molar-refractivity contribution in [2.24, 2.45) is 0 Å². The third-order valence-electron chi connectivity index (χ3n) is 2.71. The minimum Gasteiger partial charge on any atom is -0.392 e. The molecule has 1 heterocycles. The minimum absolute atomic E-state index is 0.0412. The van der Waals surface area contributed by atoms with Crippen LogP contribution in [-0.2, 0) is 6.61 Å². The molecule has 0 aliphatic carbocycles. The topological polar surface area (TPSA) is 49.3 Å². The lowest BCUT2D eigenvalue weighted by Crippen LogP contribution is -2.04. The first-order valence-corrected chi connectivity index (χ1v) is 4.77. The second-order valence-corrected chi connectivity index (χ2v) is 3.66. The number of anilines is 1. The predicted octanol–water partition coefficient (Wildman–Crippen LogP) is 1.90. The van der Waals surface area contributed by atoms with Gasteiger partial charge in [-0.05, 0) is 29.1 Å². The molecule has 1 aliphatic rings. The maximum atomic E-state index is 11.6. The summed E-state index contributed by atoms with van der Waals surface area (Å²) in [6.07, 6.45) is 0. The molecule has 2 aromatic carbocycles. The van der Waals surface area contributed by atoms with Gasteiger partial charge >= 0.3 is 0 Å². The molecule has 3 nitrogen and oxygen atoms in total. The van der Waals surface area contributed by atoms with Gasteiger partial charge in [0.15, 0.2) is 0 Å². The van der Waals surface area contributed by atoms with Crippen LogP contribution in [0.1, 0.15) is 15.9 Å². The first-order chi connectivity index (χ1) is 7.29. The summed E-state index contributed by atoms with van der Waals surface area (Å²) < 4.78 is 0. The van der Waals surface area contributed by atoms with Crippen LogP contribution in [0.15, 0.2) is 30.3 Å². The van der Waals surface area contributed by atoms with Crippen molar-refractivity contribution in [1.29, 1.82) is 0 Å². The first-order valence-electron chi connectivity index (χ1n) is 4.77. The Balaban J connectivity index is 2.46. The van der Waals surface area contributed by atoms with Crippen molar-refractivity contribution in [3.63, 3.8) is 0 Å². The van der Waals surface area contributed by atoms with Gasteiger partial charge in [0.25, 0.3) is 5.91 Å². The lowest BCUT2D eigenvalue weighted by atomic mass is 10.0. The van der Waals surface area contributed by atoms with E-state index in [0.29, 0.717) is 5.56 Å². The van der Waals surface area contributed by atoms with Gasteiger partial charge in [0.1, 0.15) is 0 Å². The fraction of sp³-hybridized carbons (Fsp3) is 0.0833. The number of rotatable bonds is 1. The molecule has 0 radical (unpaired) electrons. The van der Waals surface area contributed by atoms with E-state index in [-0.39, 0.29) is 12.5 Å². The highest BCUT2D eigenvalue weighted by atomic mass is 16.3. The Kier molecular flexibility index (Phi) is 1.58. The molecular formula is C12H9NO2. The third kappa shape index (κ3) is 1.07. The zero-order valence-corrected chi connectivity index (χ0v) is 7.95. The number of aliphatic hydroxyl groups is 1. The number of hydrogen-bond donors (Lipinski definition) is 2. The molecule has 0 saturated heterocycles. The highest BCUT2D eigenvalue weighted by molar-refractivity contribution is 6.24. The SMILES string of the molecule is O=C1Nc2cccc3cc(CO)cc1c23. The summed E-state index contributed by atoms with van der Waals surface area (Å²) in [5.74, 6) is -0.0866. The van der Waals surface area contributed by atoms with Gasteiger partial charge in [0, 0.05) is 16.6 Å². The Bertz CT molecular complexity index is 575. The van der Waals surface area contributed by atoms with Gasteiger partial charge in [-0.25, -0.2) is 0 Å². The van der Waals surface area contributed by atoms with Crippen LogP contribution in [0, 0.1) is 0 Å². The van der Waals surface area contributed by atoms with Crippen LogP contribution in [0.25, 0.3) is 10.8 Å². The number of benzene rings is 2. The van der Waals surface area contributed by atoms with Gasteiger partial charge in [-0.1, -0.05) is 12.1 Å². The number of amides is 1. The van der Waals surface area contributed by atoms with E-state index in [9.17, 15) is 4.79 Å². The summed E-state index contributed by atoms with van der Waals surface area (Å²) in [7, 11) is 0. The lowest BCUT2D eigenvalue weighted by molar-refractivity contribution is 0.103. The zero-order chi connectivity index (χ0) is 10.4. The van der Waals surface area contributed by atoms with E-state index in [1.165, 1.54) is 0 Å². The van der Waals surface area contributed by atoms with Crippen molar-refractivity contribution >= 4 is 22.4 Å². The van der Waals surface area contributed by atoms with Crippen molar-refractivity contribution in [3.05, 3.63) is 41.5 Å². The highest BCUT2D eigenvalue weighted by Crippen LogP contribution is 2.33. The maximum Gasteiger partial charge on any atom is 0.256 e. The molecule has 0 spiro atoms. The minimum atomic E-state index is -0.0866. The van der Waals surface area contributed by atoms with E-state index in [1.807, 2.05) is 24.3 Å². The molecule has 15 heavy (non-hydrogen) atoms. The van der Waals surface area contributed by atoms with Gasteiger partial charge in [-0.3, -0.25) is 4.79 Å². The van der Waals surface area contributed by atoms with Crippen LogP contribution in [-0.4, -0.2) is 11.0 Å². The van der Waals surface area contributed by atoms with E-state index in [0.717, 1.165) is 22.0 Å². The summed E-state index contributed by atoms with van der Waals surface area (Å²) in [6, 6.07) is 9.38. The maximum absolute atomic E-state index is 11.6. The summed E-state index contributed by atoms with van der Waals surface area (Å²) in [5.41, 5.74) is 2.29. The van der Waals surface area contributed by atoms with E-state index in [2.05, 4.69) is 5.32 Å². The molecule has 0 fully saturated rings. The standard InChI is InChI=1S/C12H9NO2/c14-6-7-4-8-2-1-3-10-11(8)9(5-7)12(15)13-10/h1-5,14H,6H2,(H,13,15). The molecule has 1 aliphatic heterocycles. The molecule has 3 heteroatoms. The Morgan fingerprint density at radius 2 is 2.13 bits per heavy atom. The molecule has 1 amide bonds. The Labute approximate surface area is 86.3 Å². The summed E-state index contributed by atoms with van der Waals surface area (Å²) in [4.78, 5) is 11.6. The Hall–Kier alpha value is -1.87. The number of carbonyl (C=O) groups is 1. The molecule has 0 unspecified atom stereocenters. The molecular weight excluding hydrogens is 190 g/mol. The van der Waals surface area contributed by atoms with Gasteiger partial charge < -0.3 is 10.4 Å². The molecule has 2 aromatic rings. The largest absolute Gasteiger partial charge is 0.392 e. The smallest absolute Gasteiger partial charge is 0.256 e. The third-order valence-corrected chi connectivity index (χ3v) is 2.71. The van der Waals surface area contributed by atoms with Crippen LogP contribution in [0.3, 0.4) is 0 Å². The molecule has 0 saturated carbocycles. The van der Waals surface area contributed by atoms with Crippen LogP contribution < -0.4 is 5.32 Å². The van der Waals surface area contributed by atoms with Crippen molar-refractivity contribution in [1.82, 2.24) is 0 Å². The molecule has 0 bridgehead atoms.